The SMILES string of the molecule is CCN(CC)CCOc1nsnc1Cl. The molecule has 0 spiro atoms. The van der Waals surface area contributed by atoms with Gasteiger partial charge in [-0.2, -0.15) is 4.37 Å². The van der Waals surface area contributed by atoms with Gasteiger partial charge in [0.05, 0.1) is 11.7 Å². The minimum atomic E-state index is 0.356. The zero-order valence-electron chi connectivity index (χ0n) is 8.36. The first-order valence-corrected chi connectivity index (χ1v) is 5.72. The number of aromatic nitrogens is 2. The summed E-state index contributed by atoms with van der Waals surface area (Å²) in [5.74, 6) is 0.448. The molecule has 6 heteroatoms. The maximum atomic E-state index is 5.72. The standard InChI is InChI=1S/C8H14ClN3OS/c1-3-12(4-2)5-6-13-8-7(9)10-14-11-8/h3-6H2,1-2H3. The van der Waals surface area contributed by atoms with E-state index in [9.17, 15) is 0 Å². The molecule has 0 N–H and O–H groups in total. The Labute approximate surface area is 93.2 Å². The van der Waals surface area contributed by atoms with Gasteiger partial charge in [-0.25, -0.2) is 0 Å². The third-order valence-electron chi connectivity index (χ3n) is 1.96. The van der Waals surface area contributed by atoms with Crippen LogP contribution in [0, 0.1) is 0 Å². The lowest BCUT2D eigenvalue weighted by Crippen LogP contribution is -2.27. The Balaban J connectivity index is 2.24. The van der Waals surface area contributed by atoms with Crippen LogP contribution in [0.3, 0.4) is 0 Å². The van der Waals surface area contributed by atoms with Crippen molar-refractivity contribution in [2.45, 2.75) is 13.8 Å². The Kier molecular flexibility index (Phi) is 5.14. The topological polar surface area (TPSA) is 38.2 Å². The average molecular weight is 236 g/mol. The normalized spacial score (nSPS) is 10.9. The predicted molar refractivity (Wildman–Crippen MR) is 58.2 cm³/mol. The zero-order valence-corrected chi connectivity index (χ0v) is 9.94. The average Bonchev–Trinajstić information content (AvgIpc) is 2.59. The predicted octanol–water partition coefficient (Wildman–Crippen LogP) is 1.91. The van der Waals surface area contributed by atoms with Crippen LogP contribution in [-0.4, -0.2) is 39.9 Å². The van der Waals surface area contributed by atoms with Crippen molar-refractivity contribution in [2.24, 2.45) is 0 Å². The molecule has 0 saturated heterocycles. The highest BCUT2D eigenvalue weighted by molar-refractivity contribution is 6.99. The molecule has 0 saturated carbocycles. The summed E-state index contributed by atoms with van der Waals surface area (Å²) in [5, 5.41) is 0.356. The van der Waals surface area contributed by atoms with E-state index in [1.54, 1.807) is 0 Å². The summed E-state index contributed by atoms with van der Waals surface area (Å²) in [6, 6.07) is 0. The summed E-state index contributed by atoms with van der Waals surface area (Å²) >= 11 is 6.79. The Bertz CT molecular complexity index is 265. The second-order valence-corrected chi connectivity index (χ2v) is 3.62. The zero-order chi connectivity index (χ0) is 10.4. The van der Waals surface area contributed by atoms with E-state index in [1.165, 1.54) is 0 Å². The number of rotatable bonds is 6. The molecule has 0 aromatic carbocycles. The Morgan fingerprint density at radius 2 is 2.07 bits per heavy atom. The molecule has 0 amide bonds. The van der Waals surface area contributed by atoms with Crippen molar-refractivity contribution in [2.75, 3.05) is 26.2 Å². The quantitative estimate of drug-likeness (QED) is 0.755. The van der Waals surface area contributed by atoms with E-state index >= 15 is 0 Å². The van der Waals surface area contributed by atoms with Crippen molar-refractivity contribution in [3.63, 3.8) is 0 Å². The molecule has 0 aliphatic rings. The first-order chi connectivity index (χ1) is 6.77. The van der Waals surface area contributed by atoms with E-state index in [4.69, 9.17) is 16.3 Å². The smallest absolute Gasteiger partial charge is 0.265 e. The van der Waals surface area contributed by atoms with Gasteiger partial charge in [0, 0.05) is 6.54 Å². The van der Waals surface area contributed by atoms with Crippen LogP contribution in [0.25, 0.3) is 0 Å². The van der Waals surface area contributed by atoms with Crippen molar-refractivity contribution >= 4 is 23.3 Å². The second-order valence-electron chi connectivity index (χ2n) is 2.74. The van der Waals surface area contributed by atoms with Crippen LogP contribution in [0.5, 0.6) is 5.88 Å². The molecule has 0 aliphatic heterocycles. The van der Waals surface area contributed by atoms with Crippen LogP contribution >= 0.6 is 23.3 Å². The lowest BCUT2D eigenvalue weighted by atomic mass is 10.5. The lowest BCUT2D eigenvalue weighted by molar-refractivity contribution is 0.219. The van der Waals surface area contributed by atoms with Gasteiger partial charge < -0.3 is 9.64 Å². The highest BCUT2D eigenvalue weighted by Gasteiger charge is 2.06. The summed E-state index contributed by atoms with van der Waals surface area (Å²) in [4.78, 5) is 2.27. The summed E-state index contributed by atoms with van der Waals surface area (Å²) in [6.07, 6.45) is 0. The molecular weight excluding hydrogens is 222 g/mol. The molecule has 1 aromatic rings. The monoisotopic (exact) mass is 235 g/mol. The van der Waals surface area contributed by atoms with Crippen molar-refractivity contribution in [3.05, 3.63) is 5.15 Å². The molecule has 1 heterocycles. The largest absolute Gasteiger partial charge is 0.473 e. The Morgan fingerprint density at radius 1 is 1.36 bits per heavy atom. The molecule has 0 aliphatic carbocycles. The molecule has 0 atom stereocenters. The van der Waals surface area contributed by atoms with E-state index in [2.05, 4.69) is 27.5 Å². The Hall–Kier alpha value is -0.390. The molecule has 0 radical (unpaired) electrons. The molecule has 1 aromatic heterocycles. The molecule has 4 nitrogen and oxygen atoms in total. The van der Waals surface area contributed by atoms with Crippen LogP contribution in [0.2, 0.25) is 5.15 Å². The van der Waals surface area contributed by atoms with E-state index in [0.717, 1.165) is 31.4 Å². The highest BCUT2D eigenvalue weighted by Crippen LogP contribution is 2.20. The lowest BCUT2D eigenvalue weighted by Gasteiger charge is -2.17. The molecule has 0 fully saturated rings. The van der Waals surface area contributed by atoms with Gasteiger partial charge in [0.25, 0.3) is 5.88 Å². The van der Waals surface area contributed by atoms with Crippen molar-refractivity contribution < 1.29 is 4.74 Å². The van der Waals surface area contributed by atoms with Crippen LogP contribution in [-0.2, 0) is 0 Å². The number of likely N-dealkylation sites (N-methyl/N-ethyl adjacent to an activating group) is 1. The van der Waals surface area contributed by atoms with Crippen LogP contribution in [0.15, 0.2) is 0 Å². The van der Waals surface area contributed by atoms with Gasteiger partial charge in [-0.1, -0.05) is 25.4 Å². The van der Waals surface area contributed by atoms with E-state index in [1.807, 2.05) is 0 Å². The van der Waals surface area contributed by atoms with Crippen molar-refractivity contribution in [1.29, 1.82) is 0 Å². The molecule has 0 bridgehead atoms. The van der Waals surface area contributed by atoms with Gasteiger partial charge in [0.15, 0.2) is 0 Å². The van der Waals surface area contributed by atoms with Gasteiger partial charge >= 0.3 is 0 Å². The molecule has 1 rings (SSSR count). The summed E-state index contributed by atoms with van der Waals surface area (Å²) < 4.78 is 13.1. The summed E-state index contributed by atoms with van der Waals surface area (Å²) in [5.41, 5.74) is 0. The fourth-order valence-corrected chi connectivity index (χ4v) is 1.71. The van der Waals surface area contributed by atoms with Crippen LogP contribution < -0.4 is 4.74 Å². The van der Waals surface area contributed by atoms with Gasteiger partial charge in [-0.3, -0.25) is 0 Å². The maximum absolute atomic E-state index is 5.72. The fourth-order valence-electron chi connectivity index (χ4n) is 1.07. The molecule has 80 valence electrons. The van der Waals surface area contributed by atoms with Gasteiger partial charge in [0.2, 0.25) is 5.15 Å². The first-order valence-electron chi connectivity index (χ1n) is 4.61. The summed E-state index contributed by atoms with van der Waals surface area (Å²) in [7, 11) is 0. The third-order valence-corrected chi connectivity index (χ3v) is 2.82. The number of nitrogens with zero attached hydrogens (tertiary/aromatic N) is 3. The fraction of sp³-hybridized carbons (Fsp3) is 0.750. The minimum Gasteiger partial charge on any atom is -0.473 e. The van der Waals surface area contributed by atoms with Crippen LogP contribution in [0.4, 0.5) is 0 Å². The number of hydrogen-bond donors (Lipinski definition) is 0. The number of halogens is 1. The van der Waals surface area contributed by atoms with E-state index in [-0.39, 0.29) is 0 Å². The molecular formula is C8H14ClN3OS. The van der Waals surface area contributed by atoms with Crippen molar-refractivity contribution in [3.8, 4) is 5.88 Å². The minimum absolute atomic E-state index is 0.356. The van der Waals surface area contributed by atoms with Crippen molar-refractivity contribution in [1.82, 2.24) is 13.6 Å². The van der Waals surface area contributed by atoms with E-state index < -0.39 is 0 Å². The molecule has 14 heavy (non-hydrogen) atoms. The summed E-state index contributed by atoms with van der Waals surface area (Å²) in [6.45, 7) is 7.81. The number of hydrogen-bond acceptors (Lipinski definition) is 5. The maximum Gasteiger partial charge on any atom is 0.265 e. The van der Waals surface area contributed by atoms with Gasteiger partial charge in [0.1, 0.15) is 6.61 Å². The second kappa shape index (κ2) is 6.16. The first kappa shape index (κ1) is 11.7. The van der Waals surface area contributed by atoms with Crippen LogP contribution in [0.1, 0.15) is 13.8 Å². The Morgan fingerprint density at radius 3 is 2.57 bits per heavy atom. The molecule has 0 unspecified atom stereocenters. The van der Waals surface area contributed by atoms with E-state index in [0.29, 0.717) is 17.6 Å². The highest BCUT2D eigenvalue weighted by atomic mass is 35.5. The number of ether oxygens (including phenoxy) is 1. The van der Waals surface area contributed by atoms with Gasteiger partial charge in [-0.05, 0) is 13.1 Å². The van der Waals surface area contributed by atoms with Gasteiger partial charge in [-0.15, -0.1) is 4.37 Å². The third kappa shape index (κ3) is 3.40.